The molecule has 0 aliphatic rings. The van der Waals surface area contributed by atoms with E-state index in [2.05, 4.69) is 29.1 Å². The van der Waals surface area contributed by atoms with Crippen LogP contribution < -0.4 is 0 Å². The van der Waals surface area contributed by atoms with Crippen molar-refractivity contribution in [1.82, 2.24) is 0 Å². The average molecular weight is 189 g/mol. The van der Waals surface area contributed by atoms with E-state index < -0.39 is 0 Å². The Kier molecular flexibility index (Phi) is 3.32. The van der Waals surface area contributed by atoms with Crippen molar-refractivity contribution in [1.29, 1.82) is 0 Å². The summed E-state index contributed by atoms with van der Waals surface area (Å²) in [6.07, 6.45) is 1.52. The van der Waals surface area contributed by atoms with Gasteiger partial charge in [0.05, 0.1) is 4.48 Å². The summed E-state index contributed by atoms with van der Waals surface area (Å²) in [6, 6.07) is 0. The highest BCUT2D eigenvalue weighted by Crippen LogP contribution is 2.15. The van der Waals surface area contributed by atoms with Crippen molar-refractivity contribution < 1.29 is 5.11 Å². The third-order valence-corrected chi connectivity index (χ3v) is 1.51. The Labute approximate surface area is 63.5 Å². The van der Waals surface area contributed by atoms with Gasteiger partial charge in [0.1, 0.15) is 5.76 Å². The van der Waals surface area contributed by atoms with Gasteiger partial charge in [0.25, 0.3) is 0 Å². The molecule has 0 rings (SSSR count). The zero-order valence-electron chi connectivity index (χ0n) is 5.32. The maximum atomic E-state index is 9.06. The lowest BCUT2D eigenvalue weighted by Crippen LogP contribution is -1.82. The van der Waals surface area contributed by atoms with Gasteiger partial charge in [0, 0.05) is 0 Å². The van der Waals surface area contributed by atoms with Crippen LogP contribution in [0.2, 0.25) is 0 Å². The molecular weight excluding hydrogens is 180 g/mol. The summed E-state index contributed by atoms with van der Waals surface area (Å²) in [7, 11) is 0. The standard InChI is InChI=1S/C7H9BrO/c1-4-6(8)7(9)5(2)3/h4,9H,1-2H2,3H3/b7-6-. The van der Waals surface area contributed by atoms with Crippen LogP contribution in [0.4, 0.5) is 0 Å². The minimum absolute atomic E-state index is 0.157. The average Bonchev–Trinajstić information content (AvgIpc) is 1.84. The van der Waals surface area contributed by atoms with Gasteiger partial charge in [-0.2, -0.15) is 0 Å². The van der Waals surface area contributed by atoms with Crippen molar-refractivity contribution in [3.8, 4) is 0 Å². The van der Waals surface area contributed by atoms with E-state index in [1.54, 1.807) is 6.92 Å². The first-order valence-corrected chi connectivity index (χ1v) is 3.26. The summed E-state index contributed by atoms with van der Waals surface area (Å²) in [6.45, 7) is 8.72. The molecule has 1 nitrogen and oxygen atoms in total. The zero-order chi connectivity index (χ0) is 7.44. The minimum atomic E-state index is 0.157. The highest BCUT2D eigenvalue weighted by atomic mass is 79.9. The van der Waals surface area contributed by atoms with Gasteiger partial charge < -0.3 is 5.11 Å². The van der Waals surface area contributed by atoms with Crippen molar-refractivity contribution in [2.75, 3.05) is 0 Å². The predicted octanol–water partition coefficient (Wildman–Crippen LogP) is 2.91. The monoisotopic (exact) mass is 188 g/mol. The van der Waals surface area contributed by atoms with Crippen LogP contribution >= 0.6 is 15.9 Å². The van der Waals surface area contributed by atoms with Crippen molar-refractivity contribution >= 4 is 15.9 Å². The fourth-order valence-electron chi connectivity index (χ4n) is 0.301. The molecule has 1 N–H and O–H groups in total. The molecule has 2 heteroatoms. The second kappa shape index (κ2) is 3.51. The molecule has 0 atom stereocenters. The van der Waals surface area contributed by atoms with Crippen LogP contribution in [0.25, 0.3) is 0 Å². The lowest BCUT2D eigenvalue weighted by molar-refractivity contribution is 0.423. The van der Waals surface area contributed by atoms with Crippen LogP contribution in [0.5, 0.6) is 0 Å². The summed E-state index contributed by atoms with van der Waals surface area (Å²) in [4.78, 5) is 0. The maximum Gasteiger partial charge on any atom is 0.132 e. The topological polar surface area (TPSA) is 20.2 Å². The quantitative estimate of drug-likeness (QED) is 0.523. The first-order valence-electron chi connectivity index (χ1n) is 2.46. The Morgan fingerprint density at radius 2 is 2.11 bits per heavy atom. The van der Waals surface area contributed by atoms with Gasteiger partial charge in [-0.15, -0.1) is 0 Å². The molecule has 0 bridgehead atoms. The number of aliphatic hydroxyl groups excluding tert-OH is 1. The van der Waals surface area contributed by atoms with E-state index in [4.69, 9.17) is 5.11 Å². The largest absolute Gasteiger partial charge is 0.507 e. The third kappa shape index (κ3) is 2.51. The molecule has 9 heavy (non-hydrogen) atoms. The first kappa shape index (κ1) is 8.50. The van der Waals surface area contributed by atoms with Crippen molar-refractivity contribution in [3.63, 3.8) is 0 Å². The van der Waals surface area contributed by atoms with E-state index in [1.807, 2.05) is 0 Å². The van der Waals surface area contributed by atoms with Crippen LogP contribution in [-0.2, 0) is 0 Å². The summed E-state index contributed by atoms with van der Waals surface area (Å²) < 4.78 is 0.579. The van der Waals surface area contributed by atoms with E-state index in [0.29, 0.717) is 10.1 Å². The Morgan fingerprint density at radius 3 is 2.22 bits per heavy atom. The highest BCUT2D eigenvalue weighted by Gasteiger charge is 1.96. The maximum absolute atomic E-state index is 9.06. The molecule has 0 saturated carbocycles. The minimum Gasteiger partial charge on any atom is -0.507 e. The molecule has 0 aromatic rings. The molecule has 0 aliphatic heterocycles. The van der Waals surface area contributed by atoms with E-state index >= 15 is 0 Å². The van der Waals surface area contributed by atoms with Gasteiger partial charge in [-0.05, 0) is 28.4 Å². The van der Waals surface area contributed by atoms with Gasteiger partial charge in [-0.3, -0.25) is 0 Å². The van der Waals surface area contributed by atoms with Crippen LogP contribution in [0.1, 0.15) is 6.92 Å². The smallest absolute Gasteiger partial charge is 0.132 e. The molecule has 0 aromatic heterocycles. The van der Waals surface area contributed by atoms with Crippen molar-refractivity contribution in [3.05, 3.63) is 35.0 Å². The van der Waals surface area contributed by atoms with E-state index in [9.17, 15) is 0 Å². The summed E-state index contributed by atoms with van der Waals surface area (Å²) >= 11 is 3.09. The first-order chi connectivity index (χ1) is 4.09. The molecule has 0 unspecified atom stereocenters. The lowest BCUT2D eigenvalue weighted by Gasteiger charge is -1.97. The molecule has 0 aliphatic carbocycles. The summed E-state index contributed by atoms with van der Waals surface area (Å²) in [5.74, 6) is 0.157. The number of hydrogen-bond acceptors (Lipinski definition) is 1. The van der Waals surface area contributed by atoms with Crippen molar-refractivity contribution in [2.45, 2.75) is 6.92 Å². The molecular formula is C7H9BrO. The molecule has 0 saturated heterocycles. The number of aliphatic hydroxyl groups is 1. The van der Waals surface area contributed by atoms with Crippen molar-refractivity contribution in [2.24, 2.45) is 0 Å². The van der Waals surface area contributed by atoms with Crippen LogP contribution in [-0.4, -0.2) is 5.11 Å². The van der Waals surface area contributed by atoms with Gasteiger partial charge in [-0.25, -0.2) is 0 Å². The van der Waals surface area contributed by atoms with Gasteiger partial charge in [0.15, 0.2) is 0 Å². The number of hydrogen-bond donors (Lipinski definition) is 1. The van der Waals surface area contributed by atoms with Crippen LogP contribution in [0.15, 0.2) is 35.0 Å². The van der Waals surface area contributed by atoms with E-state index in [-0.39, 0.29) is 5.76 Å². The fourth-order valence-corrected chi connectivity index (χ4v) is 0.639. The van der Waals surface area contributed by atoms with Crippen LogP contribution in [0.3, 0.4) is 0 Å². The van der Waals surface area contributed by atoms with Gasteiger partial charge in [0.2, 0.25) is 0 Å². The van der Waals surface area contributed by atoms with Gasteiger partial charge >= 0.3 is 0 Å². The summed E-state index contributed by atoms with van der Waals surface area (Å²) in [5.41, 5.74) is 0.627. The molecule has 0 heterocycles. The highest BCUT2D eigenvalue weighted by molar-refractivity contribution is 9.11. The number of rotatable bonds is 2. The number of halogens is 1. The third-order valence-electron chi connectivity index (χ3n) is 0.810. The SMILES string of the molecule is C=C/C(Br)=C(/O)C(=C)C. The molecule has 0 spiro atoms. The van der Waals surface area contributed by atoms with E-state index in [1.165, 1.54) is 6.08 Å². The Balaban J connectivity index is 4.47. The molecule has 0 amide bonds. The Hall–Kier alpha value is -0.500. The number of allylic oxidation sites excluding steroid dienone is 3. The fraction of sp³-hybridized carbons (Fsp3) is 0.143. The second-order valence-electron chi connectivity index (χ2n) is 1.68. The van der Waals surface area contributed by atoms with Gasteiger partial charge in [-0.1, -0.05) is 19.2 Å². The Morgan fingerprint density at radius 1 is 1.67 bits per heavy atom. The molecule has 50 valence electrons. The lowest BCUT2D eigenvalue weighted by atomic mass is 10.3. The Bertz CT molecular complexity index is 168. The molecule has 0 fully saturated rings. The van der Waals surface area contributed by atoms with Crippen LogP contribution in [0, 0.1) is 0 Å². The zero-order valence-corrected chi connectivity index (χ0v) is 6.90. The molecule has 0 radical (unpaired) electrons. The molecule has 0 aromatic carbocycles. The summed E-state index contributed by atoms with van der Waals surface area (Å²) in [5, 5.41) is 9.06. The normalized spacial score (nSPS) is 12.2. The predicted molar refractivity (Wildman–Crippen MR) is 43.6 cm³/mol. The van der Waals surface area contributed by atoms with E-state index in [0.717, 1.165) is 0 Å². The second-order valence-corrected chi connectivity index (χ2v) is 2.54.